The van der Waals surface area contributed by atoms with Gasteiger partial charge in [-0.3, -0.25) is 4.99 Å². The second-order valence-corrected chi connectivity index (χ2v) is 4.40. The van der Waals surface area contributed by atoms with Crippen LogP contribution in [-0.2, 0) is 0 Å². The fraction of sp³-hybridized carbons (Fsp3) is 0.357. The molecule has 0 saturated heterocycles. The van der Waals surface area contributed by atoms with Crippen molar-refractivity contribution in [1.29, 1.82) is 0 Å². The molecule has 2 heteroatoms. The van der Waals surface area contributed by atoms with E-state index in [4.69, 9.17) is 5.73 Å². The van der Waals surface area contributed by atoms with Gasteiger partial charge in [0.1, 0.15) is 0 Å². The Balaban J connectivity index is 2.64. The number of para-hydroxylation sites is 1. The third-order valence-electron chi connectivity index (χ3n) is 2.26. The summed E-state index contributed by atoms with van der Waals surface area (Å²) in [5.74, 6) is 0.586. The van der Waals surface area contributed by atoms with Gasteiger partial charge in [0.2, 0.25) is 0 Å². The average molecular weight is 216 g/mol. The predicted molar refractivity (Wildman–Crippen MR) is 71.1 cm³/mol. The topological polar surface area (TPSA) is 38.4 Å². The average Bonchev–Trinajstić information content (AvgIpc) is 2.19. The highest BCUT2D eigenvalue weighted by Crippen LogP contribution is 2.16. The highest BCUT2D eigenvalue weighted by Gasteiger charge is 1.95. The van der Waals surface area contributed by atoms with Crippen LogP contribution in [0.25, 0.3) is 0 Å². The number of hydrogen-bond donors (Lipinski definition) is 1. The first kappa shape index (κ1) is 12.5. The van der Waals surface area contributed by atoms with E-state index in [1.54, 1.807) is 6.21 Å². The molecule has 86 valence electrons. The summed E-state index contributed by atoms with van der Waals surface area (Å²) in [7, 11) is 0. The van der Waals surface area contributed by atoms with E-state index in [0.29, 0.717) is 5.92 Å². The number of allylic oxidation sites excluding steroid dienone is 2. The second-order valence-electron chi connectivity index (χ2n) is 4.40. The lowest BCUT2D eigenvalue weighted by Gasteiger charge is -2.02. The zero-order chi connectivity index (χ0) is 12.0. The molecular formula is C14H20N2. The fourth-order valence-corrected chi connectivity index (χ4v) is 1.46. The minimum absolute atomic E-state index is 0.586. The first-order valence-electron chi connectivity index (χ1n) is 5.64. The monoisotopic (exact) mass is 216 g/mol. The third-order valence-corrected chi connectivity index (χ3v) is 2.26. The Morgan fingerprint density at radius 2 is 2.06 bits per heavy atom. The predicted octanol–water partition coefficient (Wildman–Crippen LogP) is 3.59. The molecule has 0 heterocycles. The van der Waals surface area contributed by atoms with Crippen LogP contribution in [0.5, 0.6) is 0 Å². The zero-order valence-electron chi connectivity index (χ0n) is 10.3. The van der Waals surface area contributed by atoms with Crippen molar-refractivity contribution in [3.05, 3.63) is 41.6 Å². The van der Waals surface area contributed by atoms with Crippen molar-refractivity contribution in [2.24, 2.45) is 16.6 Å². The van der Waals surface area contributed by atoms with Gasteiger partial charge in [0, 0.05) is 11.9 Å². The fourth-order valence-electron chi connectivity index (χ4n) is 1.46. The molecule has 0 aliphatic rings. The number of benzene rings is 1. The number of rotatable bonds is 4. The third kappa shape index (κ3) is 4.30. The molecular weight excluding hydrogens is 196 g/mol. The molecule has 16 heavy (non-hydrogen) atoms. The molecule has 1 aromatic carbocycles. The largest absolute Gasteiger partial charge is 0.402 e. The molecule has 0 atom stereocenters. The van der Waals surface area contributed by atoms with Crippen molar-refractivity contribution >= 4 is 11.9 Å². The molecule has 0 saturated carbocycles. The summed E-state index contributed by atoms with van der Waals surface area (Å²) in [6.07, 6.45) is 4.58. The maximum absolute atomic E-state index is 5.85. The van der Waals surface area contributed by atoms with E-state index in [0.717, 1.165) is 17.8 Å². The van der Waals surface area contributed by atoms with Gasteiger partial charge in [-0.05, 0) is 37.0 Å². The van der Waals surface area contributed by atoms with Crippen molar-refractivity contribution < 1.29 is 0 Å². The summed E-state index contributed by atoms with van der Waals surface area (Å²) in [6, 6.07) is 8.05. The molecule has 0 unspecified atom stereocenters. The van der Waals surface area contributed by atoms with Crippen molar-refractivity contribution in [2.75, 3.05) is 0 Å². The van der Waals surface area contributed by atoms with Gasteiger partial charge in [-0.1, -0.05) is 32.0 Å². The van der Waals surface area contributed by atoms with Crippen LogP contribution in [0, 0.1) is 12.8 Å². The molecule has 0 radical (unpaired) electrons. The number of aryl methyl sites for hydroxylation is 1. The van der Waals surface area contributed by atoms with Crippen LogP contribution in [0.3, 0.4) is 0 Å². The minimum Gasteiger partial charge on any atom is -0.402 e. The molecule has 0 bridgehead atoms. The highest BCUT2D eigenvalue weighted by molar-refractivity contribution is 5.75. The number of nitrogens with zero attached hydrogens (tertiary/aromatic N) is 1. The van der Waals surface area contributed by atoms with Gasteiger partial charge >= 0.3 is 0 Å². The first-order chi connectivity index (χ1) is 7.59. The van der Waals surface area contributed by atoms with Gasteiger partial charge in [-0.15, -0.1) is 0 Å². The van der Waals surface area contributed by atoms with Crippen LogP contribution in [-0.4, -0.2) is 6.21 Å². The number of aliphatic imine (C=N–C) groups is 1. The Kier molecular flexibility index (Phi) is 4.77. The van der Waals surface area contributed by atoms with Gasteiger partial charge in [0.15, 0.2) is 0 Å². The SMILES string of the molecule is Cc1ccccc1N=C/C=C(\N)CC(C)C. The van der Waals surface area contributed by atoms with E-state index >= 15 is 0 Å². The van der Waals surface area contributed by atoms with Crippen LogP contribution in [0.15, 0.2) is 41.0 Å². The van der Waals surface area contributed by atoms with Crippen molar-refractivity contribution in [2.45, 2.75) is 27.2 Å². The van der Waals surface area contributed by atoms with Crippen molar-refractivity contribution in [3.63, 3.8) is 0 Å². The van der Waals surface area contributed by atoms with E-state index in [9.17, 15) is 0 Å². The standard InChI is InChI=1S/C14H20N2/c1-11(2)10-13(15)8-9-16-14-7-5-4-6-12(14)3/h4-9,11H,10,15H2,1-3H3/b13-8-,16-9?. The van der Waals surface area contributed by atoms with E-state index in [1.807, 2.05) is 37.3 Å². The molecule has 1 aromatic rings. The summed E-state index contributed by atoms with van der Waals surface area (Å²) >= 11 is 0. The van der Waals surface area contributed by atoms with Gasteiger partial charge in [-0.2, -0.15) is 0 Å². The van der Waals surface area contributed by atoms with Crippen LogP contribution in [0.2, 0.25) is 0 Å². The quantitative estimate of drug-likeness (QED) is 0.767. The molecule has 0 aliphatic carbocycles. The second kappa shape index (κ2) is 6.11. The molecule has 2 N–H and O–H groups in total. The normalized spacial score (nSPS) is 12.6. The van der Waals surface area contributed by atoms with Gasteiger partial charge in [0.05, 0.1) is 5.69 Å². The van der Waals surface area contributed by atoms with E-state index in [2.05, 4.69) is 18.8 Å². The van der Waals surface area contributed by atoms with Crippen molar-refractivity contribution in [3.8, 4) is 0 Å². The summed E-state index contributed by atoms with van der Waals surface area (Å²) in [5.41, 5.74) is 8.90. The number of nitrogens with two attached hydrogens (primary N) is 1. The molecule has 0 spiro atoms. The number of hydrogen-bond acceptors (Lipinski definition) is 2. The van der Waals surface area contributed by atoms with Gasteiger partial charge in [0.25, 0.3) is 0 Å². The van der Waals surface area contributed by atoms with Crippen LogP contribution >= 0.6 is 0 Å². The lowest BCUT2D eigenvalue weighted by molar-refractivity contribution is 0.639. The Hall–Kier alpha value is -1.57. The lowest BCUT2D eigenvalue weighted by atomic mass is 10.1. The molecule has 0 aliphatic heterocycles. The van der Waals surface area contributed by atoms with E-state index in [-0.39, 0.29) is 0 Å². The summed E-state index contributed by atoms with van der Waals surface area (Å²) in [6.45, 7) is 6.35. The van der Waals surface area contributed by atoms with E-state index in [1.165, 1.54) is 5.56 Å². The van der Waals surface area contributed by atoms with Crippen molar-refractivity contribution in [1.82, 2.24) is 0 Å². The van der Waals surface area contributed by atoms with E-state index < -0.39 is 0 Å². The molecule has 0 amide bonds. The molecule has 2 nitrogen and oxygen atoms in total. The molecule has 0 fully saturated rings. The Labute approximate surface area is 97.9 Å². The summed E-state index contributed by atoms with van der Waals surface area (Å²) < 4.78 is 0. The van der Waals surface area contributed by atoms with Crippen LogP contribution in [0.4, 0.5) is 5.69 Å². The zero-order valence-corrected chi connectivity index (χ0v) is 10.3. The Morgan fingerprint density at radius 1 is 1.38 bits per heavy atom. The smallest absolute Gasteiger partial charge is 0.0658 e. The lowest BCUT2D eigenvalue weighted by Crippen LogP contribution is -2.01. The van der Waals surface area contributed by atoms with Crippen LogP contribution in [0.1, 0.15) is 25.8 Å². The summed E-state index contributed by atoms with van der Waals surface area (Å²) in [4.78, 5) is 4.37. The molecule has 0 aromatic heterocycles. The Morgan fingerprint density at radius 3 is 2.69 bits per heavy atom. The molecule has 1 rings (SSSR count). The Bertz CT molecular complexity index is 389. The van der Waals surface area contributed by atoms with Gasteiger partial charge in [-0.25, -0.2) is 0 Å². The van der Waals surface area contributed by atoms with Crippen LogP contribution < -0.4 is 5.73 Å². The minimum atomic E-state index is 0.586. The maximum atomic E-state index is 5.85. The first-order valence-corrected chi connectivity index (χ1v) is 5.64. The maximum Gasteiger partial charge on any atom is 0.0658 e. The highest BCUT2D eigenvalue weighted by atomic mass is 14.7. The summed E-state index contributed by atoms with van der Waals surface area (Å²) in [5, 5.41) is 0. The van der Waals surface area contributed by atoms with Gasteiger partial charge < -0.3 is 5.73 Å².